The zero-order valence-electron chi connectivity index (χ0n) is 6.06. The monoisotopic (exact) mass is 166 g/mol. The molecule has 0 unspecified atom stereocenters. The van der Waals surface area contributed by atoms with Gasteiger partial charge in [0.1, 0.15) is 0 Å². The Kier molecular flexibility index (Phi) is 2.37. The SMILES string of the molecule is N=COc1ccccc1[N+](=O)[O-]. The number of nitrogens with zero attached hydrogens (tertiary/aromatic N) is 1. The van der Waals surface area contributed by atoms with Crippen molar-refractivity contribution in [2.45, 2.75) is 0 Å². The van der Waals surface area contributed by atoms with Gasteiger partial charge in [0.15, 0.2) is 6.40 Å². The molecule has 0 amide bonds. The zero-order chi connectivity index (χ0) is 8.97. The molecule has 62 valence electrons. The highest BCUT2D eigenvalue weighted by Crippen LogP contribution is 2.24. The number of hydrogen-bond donors (Lipinski definition) is 1. The quantitative estimate of drug-likeness (QED) is 0.320. The molecule has 0 heterocycles. The van der Waals surface area contributed by atoms with Crippen molar-refractivity contribution in [1.29, 1.82) is 5.41 Å². The predicted molar refractivity (Wildman–Crippen MR) is 42.5 cm³/mol. The highest BCUT2D eigenvalue weighted by molar-refractivity contribution is 5.55. The maximum Gasteiger partial charge on any atom is 0.311 e. The van der Waals surface area contributed by atoms with E-state index in [-0.39, 0.29) is 11.4 Å². The van der Waals surface area contributed by atoms with Crippen molar-refractivity contribution in [1.82, 2.24) is 0 Å². The maximum absolute atomic E-state index is 10.3. The van der Waals surface area contributed by atoms with Gasteiger partial charge < -0.3 is 4.74 Å². The minimum absolute atomic E-state index is 0.0810. The summed E-state index contributed by atoms with van der Waals surface area (Å²) in [5.74, 6) is 0.0810. The lowest BCUT2D eigenvalue weighted by atomic mass is 10.3. The summed E-state index contributed by atoms with van der Waals surface area (Å²) in [4.78, 5) is 9.79. The Morgan fingerprint density at radius 3 is 2.75 bits per heavy atom. The molecular weight excluding hydrogens is 160 g/mol. The summed E-state index contributed by atoms with van der Waals surface area (Å²) in [5.41, 5.74) is -0.138. The van der Waals surface area contributed by atoms with Crippen molar-refractivity contribution in [2.24, 2.45) is 0 Å². The molecule has 0 fully saturated rings. The number of nitro benzene ring substituents is 1. The Balaban J connectivity index is 3.07. The molecule has 0 saturated carbocycles. The van der Waals surface area contributed by atoms with E-state index in [1.165, 1.54) is 18.2 Å². The molecule has 1 aromatic rings. The van der Waals surface area contributed by atoms with Crippen LogP contribution in [0, 0.1) is 15.5 Å². The third kappa shape index (κ3) is 1.57. The van der Waals surface area contributed by atoms with Crippen molar-refractivity contribution in [3.05, 3.63) is 34.4 Å². The molecule has 0 aliphatic heterocycles. The van der Waals surface area contributed by atoms with Crippen LogP contribution in [0.2, 0.25) is 0 Å². The number of nitro groups is 1. The average molecular weight is 166 g/mol. The van der Waals surface area contributed by atoms with E-state index in [0.717, 1.165) is 0 Å². The summed E-state index contributed by atoms with van der Waals surface area (Å²) in [6.07, 6.45) is 0.655. The number of benzene rings is 1. The van der Waals surface area contributed by atoms with Gasteiger partial charge in [0.2, 0.25) is 5.75 Å². The fourth-order valence-electron chi connectivity index (χ4n) is 0.771. The lowest BCUT2D eigenvalue weighted by Gasteiger charge is -1.98. The Labute approximate surface area is 68.2 Å². The molecule has 5 nitrogen and oxygen atoms in total. The normalized spacial score (nSPS) is 9.00. The van der Waals surface area contributed by atoms with Crippen LogP contribution < -0.4 is 4.74 Å². The summed E-state index contributed by atoms with van der Waals surface area (Å²) in [6.45, 7) is 0. The van der Waals surface area contributed by atoms with Crippen molar-refractivity contribution in [2.75, 3.05) is 0 Å². The largest absolute Gasteiger partial charge is 0.439 e. The molecule has 0 radical (unpaired) electrons. The number of nitrogens with one attached hydrogen (secondary N) is 1. The van der Waals surface area contributed by atoms with Gasteiger partial charge in [0, 0.05) is 6.07 Å². The predicted octanol–water partition coefficient (Wildman–Crippen LogP) is 1.58. The maximum atomic E-state index is 10.3. The van der Waals surface area contributed by atoms with Crippen LogP contribution in [-0.4, -0.2) is 11.3 Å². The average Bonchev–Trinajstić information content (AvgIpc) is 2.05. The van der Waals surface area contributed by atoms with Gasteiger partial charge in [-0.1, -0.05) is 12.1 Å². The van der Waals surface area contributed by atoms with E-state index in [9.17, 15) is 10.1 Å². The number of hydrogen-bond acceptors (Lipinski definition) is 4. The third-order valence-corrected chi connectivity index (χ3v) is 1.25. The van der Waals surface area contributed by atoms with Gasteiger partial charge in [0.25, 0.3) is 0 Å². The van der Waals surface area contributed by atoms with Crippen LogP contribution in [0.25, 0.3) is 0 Å². The molecule has 0 aliphatic rings. The second kappa shape index (κ2) is 3.47. The number of para-hydroxylation sites is 2. The molecule has 0 spiro atoms. The molecule has 1 rings (SSSR count). The first-order valence-corrected chi connectivity index (χ1v) is 3.14. The van der Waals surface area contributed by atoms with Crippen LogP contribution in [0.4, 0.5) is 5.69 Å². The van der Waals surface area contributed by atoms with E-state index >= 15 is 0 Å². The van der Waals surface area contributed by atoms with Crippen LogP contribution in [0.1, 0.15) is 0 Å². The summed E-state index contributed by atoms with van der Waals surface area (Å²) in [5, 5.41) is 17.0. The minimum Gasteiger partial charge on any atom is -0.439 e. The molecule has 5 heteroatoms. The second-order valence-corrected chi connectivity index (χ2v) is 1.96. The fraction of sp³-hybridized carbons (Fsp3) is 0. The van der Waals surface area contributed by atoms with Crippen molar-refractivity contribution in [3.63, 3.8) is 0 Å². The fourth-order valence-corrected chi connectivity index (χ4v) is 0.771. The van der Waals surface area contributed by atoms with Gasteiger partial charge in [-0.25, -0.2) is 0 Å². The Morgan fingerprint density at radius 1 is 1.50 bits per heavy atom. The second-order valence-electron chi connectivity index (χ2n) is 1.96. The van der Waals surface area contributed by atoms with E-state index in [1.54, 1.807) is 6.07 Å². The summed E-state index contributed by atoms with van der Waals surface area (Å²) < 4.78 is 4.60. The van der Waals surface area contributed by atoms with Gasteiger partial charge in [-0.2, -0.15) is 0 Å². The van der Waals surface area contributed by atoms with Crippen LogP contribution in [-0.2, 0) is 0 Å². The summed E-state index contributed by atoms with van der Waals surface area (Å²) in [6, 6.07) is 5.89. The molecular formula is C7H6N2O3. The molecule has 0 aromatic heterocycles. The van der Waals surface area contributed by atoms with Gasteiger partial charge in [0.05, 0.1) is 4.92 Å². The van der Waals surface area contributed by atoms with E-state index < -0.39 is 4.92 Å². The minimum atomic E-state index is -0.557. The van der Waals surface area contributed by atoms with Crippen LogP contribution in [0.5, 0.6) is 5.75 Å². The first-order chi connectivity index (χ1) is 5.75. The Bertz CT molecular complexity index is 311. The molecule has 12 heavy (non-hydrogen) atoms. The number of rotatable bonds is 3. The number of ether oxygens (including phenoxy) is 1. The lowest BCUT2D eigenvalue weighted by Crippen LogP contribution is -1.94. The standard InChI is InChI=1S/C7H6N2O3/c8-5-12-7-4-2-1-3-6(7)9(10)11/h1-5,8H. The van der Waals surface area contributed by atoms with E-state index in [1.807, 2.05) is 0 Å². The van der Waals surface area contributed by atoms with E-state index in [4.69, 9.17) is 5.41 Å². The highest BCUT2D eigenvalue weighted by Gasteiger charge is 2.12. The highest BCUT2D eigenvalue weighted by atomic mass is 16.6. The topological polar surface area (TPSA) is 76.2 Å². The van der Waals surface area contributed by atoms with Gasteiger partial charge in [-0.05, 0) is 6.07 Å². The first kappa shape index (κ1) is 8.19. The van der Waals surface area contributed by atoms with Crippen LogP contribution in [0.3, 0.4) is 0 Å². The summed E-state index contributed by atoms with van der Waals surface area (Å²) in [7, 11) is 0. The summed E-state index contributed by atoms with van der Waals surface area (Å²) >= 11 is 0. The Hall–Kier alpha value is -1.91. The molecule has 1 N–H and O–H groups in total. The molecule has 0 atom stereocenters. The van der Waals surface area contributed by atoms with Gasteiger partial charge in [-0.3, -0.25) is 15.5 Å². The van der Waals surface area contributed by atoms with Crippen molar-refractivity contribution in [3.8, 4) is 5.75 Å². The third-order valence-electron chi connectivity index (χ3n) is 1.25. The van der Waals surface area contributed by atoms with Crippen molar-refractivity contribution < 1.29 is 9.66 Å². The van der Waals surface area contributed by atoms with E-state index in [2.05, 4.69) is 4.74 Å². The van der Waals surface area contributed by atoms with Gasteiger partial charge >= 0.3 is 5.69 Å². The van der Waals surface area contributed by atoms with Crippen molar-refractivity contribution >= 4 is 12.1 Å². The Morgan fingerprint density at radius 2 is 2.17 bits per heavy atom. The molecule has 1 aromatic carbocycles. The smallest absolute Gasteiger partial charge is 0.311 e. The lowest BCUT2D eigenvalue weighted by molar-refractivity contribution is -0.385. The van der Waals surface area contributed by atoms with Crippen LogP contribution >= 0.6 is 0 Å². The molecule has 0 aliphatic carbocycles. The molecule has 0 bridgehead atoms. The first-order valence-electron chi connectivity index (χ1n) is 3.14. The zero-order valence-corrected chi connectivity index (χ0v) is 6.06. The van der Waals surface area contributed by atoms with E-state index in [0.29, 0.717) is 6.40 Å². The van der Waals surface area contributed by atoms with Crippen LogP contribution in [0.15, 0.2) is 24.3 Å². The molecule has 0 saturated heterocycles. The van der Waals surface area contributed by atoms with Gasteiger partial charge in [-0.15, -0.1) is 0 Å².